The molecule has 0 saturated heterocycles. The molecule has 2 aromatic rings. The third kappa shape index (κ3) is 2.56. The van der Waals surface area contributed by atoms with Gasteiger partial charge in [0.05, 0.1) is 11.6 Å². The van der Waals surface area contributed by atoms with Crippen molar-refractivity contribution in [3.05, 3.63) is 53.6 Å². The van der Waals surface area contributed by atoms with Gasteiger partial charge in [-0.2, -0.15) is 5.26 Å². The lowest BCUT2D eigenvalue weighted by Crippen LogP contribution is -1.88. The highest BCUT2D eigenvalue weighted by Crippen LogP contribution is 2.27. The summed E-state index contributed by atoms with van der Waals surface area (Å²) >= 11 is 0. The Hall–Kier alpha value is -2.47. The molecule has 0 spiro atoms. The molecule has 0 unspecified atom stereocenters. The van der Waals surface area contributed by atoms with Crippen LogP contribution in [-0.4, -0.2) is 5.11 Å². The number of phenols is 1. The second kappa shape index (κ2) is 4.58. The number of hydrogen-bond donors (Lipinski definition) is 1. The van der Waals surface area contributed by atoms with Crippen molar-refractivity contribution in [3.63, 3.8) is 0 Å². The molecule has 2 aromatic carbocycles. The van der Waals surface area contributed by atoms with E-state index in [9.17, 15) is 5.11 Å². The minimum absolute atomic E-state index is 0.161. The zero-order valence-corrected chi connectivity index (χ0v) is 9.34. The minimum Gasteiger partial charge on any atom is -0.508 e. The zero-order valence-electron chi connectivity index (χ0n) is 9.34. The van der Waals surface area contributed by atoms with Gasteiger partial charge in [-0.15, -0.1) is 0 Å². The summed E-state index contributed by atoms with van der Waals surface area (Å²) < 4.78 is 5.62. The maximum Gasteiger partial charge on any atom is 0.131 e. The maximum atomic E-state index is 9.32. The summed E-state index contributed by atoms with van der Waals surface area (Å²) in [5.41, 5.74) is 1.48. The van der Waals surface area contributed by atoms with Crippen LogP contribution in [0.4, 0.5) is 0 Å². The van der Waals surface area contributed by atoms with Gasteiger partial charge in [0.1, 0.15) is 17.2 Å². The molecule has 0 aromatic heterocycles. The number of phenolic OH excluding ortho intramolecular Hbond substituents is 1. The topological polar surface area (TPSA) is 53.2 Å². The van der Waals surface area contributed by atoms with Gasteiger partial charge >= 0.3 is 0 Å². The molecule has 0 radical (unpaired) electrons. The molecule has 0 fully saturated rings. The first-order valence-corrected chi connectivity index (χ1v) is 5.16. The third-order valence-corrected chi connectivity index (χ3v) is 2.35. The molecule has 0 aliphatic carbocycles. The molecule has 3 heteroatoms. The van der Waals surface area contributed by atoms with Gasteiger partial charge in [-0.25, -0.2) is 0 Å². The fraction of sp³-hybridized carbons (Fsp3) is 0.0714. The van der Waals surface area contributed by atoms with Crippen molar-refractivity contribution in [2.24, 2.45) is 0 Å². The number of aromatic hydroxyl groups is 1. The summed E-state index contributed by atoms with van der Waals surface area (Å²) in [6, 6.07) is 13.9. The van der Waals surface area contributed by atoms with Crippen LogP contribution in [0.3, 0.4) is 0 Å². The van der Waals surface area contributed by atoms with Crippen molar-refractivity contribution in [2.75, 3.05) is 0 Å². The van der Waals surface area contributed by atoms with E-state index in [2.05, 4.69) is 6.07 Å². The summed E-state index contributed by atoms with van der Waals surface area (Å²) in [6.45, 7) is 1.87. The molecule has 0 atom stereocenters. The molecule has 1 N–H and O–H groups in total. The number of aryl methyl sites for hydroxylation is 1. The van der Waals surface area contributed by atoms with E-state index >= 15 is 0 Å². The highest BCUT2D eigenvalue weighted by atomic mass is 16.5. The summed E-state index contributed by atoms with van der Waals surface area (Å²) in [5, 5.41) is 18.1. The van der Waals surface area contributed by atoms with Gasteiger partial charge in [-0.3, -0.25) is 0 Å². The van der Waals surface area contributed by atoms with Crippen molar-refractivity contribution in [3.8, 4) is 23.3 Å². The normalized spacial score (nSPS) is 9.65. The van der Waals surface area contributed by atoms with Gasteiger partial charge in [0.15, 0.2) is 0 Å². The van der Waals surface area contributed by atoms with E-state index in [0.717, 1.165) is 5.56 Å². The lowest BCUT2D eigenvalue weighted by molar-refractivity contribution is 0.453. The van der Waals surface area contributed by atoms with Crippen LogP contribution in [-0.2, 0) is 0 Å². The number of ether oxygens (including phenoxy) is 1. The standard InChI is InChI=1S/C14H11NO2/c1-10-7-11(9-15)5-6-14(10)17-13-4-2-3-12(16)8-13/h2-8,16H,1H3. The first kappa shape index (κ1) is 11.0. The Morgan fingerprint density at radius 2 is 2.00 bits per heavy atom. The summed E-state index contributed by atoms with van der Waals surface area (Å²) in [5.74, 6) is 1.40. The quantitative estimate of drug-likeness (QED) is 0.852. The van der Waals surface area contributed by atoms with Crippen molar-refractivity contribution >= 4 is 0 Å². The van der Waals surface area contributed by atoms with Gasteiger partial charge in [-0.05, 0) is 42.8 Å². The molecular weight excluding hydrogens is 214 g/mol. The van der Waals surface area contributed by atoms with E-state index < -0.39 is 0 Å². The predicted molar refractivity (Wildman–Crippen MR) is 64.1 cm³/mol. The molecule has 0 heterocycles. The fourth-order valence-electron chi connectivity index (χ4n) is 1.51. The molecule has 17 heavy (non-hydrogen) atoms. The van der Waals surface area contributed by atoms with Crippen LogP contribution in [0.2, 0.25) is 0 Å². The van der Waals surface area contributed by atoms with Crippen LogP contribution >= 0.6 is 0 Å². The van der Waals surface area contributed by atoms with Crippen LogP contribution in [0.1, 0.15) is 11.1 Å². The van der Waals surface area contributed by atoms with Crippen molar-refractivity contribution in [2.45, 2.75) is 6.92 Å². The van der Waals surface area contributed by atoms with Gasteiger partial charge in [0.25, 0.3) is 0 Å². The monoisotopic (exact) mass is 225 g/mol. The SMILES string of the molecule is Cc1cc(C#N)ccc1Oc1cccc(O)c1. The van der Waals surface area contributed by atoms with Crippen LogP contribution in [0.15, 0.2) is 42.5 Å². The van der Waals surface area contributed by atoms with E-state index in [0.29, 0.717) is 17.1 Å². The molecule has 0 bridgehead atoms. The van der Waals surface area contributed by atoms with E-state index in [-0.39, 0.29) is 5.75 Å². The zero-order chi connectivity index (χ0) is 12.3. The van der Waals surface area contributed by atoms with Gasteiger partial charge in [-0.1, -0.05) is 6.07 Å². The number of nitrogens with zero attached hydrogens (tertiary/aromatic N) is 1. The second-order valence-electron chi connectivity index (χ2n) is 3.69. The Kier molecular flexibility index (Phi) is 2.97. The maximum absolute atomic E-state index is 9.32. The Morgan fingerprint density at radius 3 is 2.65 bits per heavy atom. The van der Waals surface area contributed by atoms with E-state index in [4.69, 9.17) is 10.00 Å². The van der Waals surface area contributed by atoms with Gasteiger partial charge in [0.2, 0.25) is 0 Å². The van der Waals surface area contributed by atoms with Crippen LogP contribution in [0, 0.1) is 18.3 Å². The molecule has 2 rings (SSSR count). The predicted octanol–water partition coefficient (Wildman–Crippen LogP) is 3.36. The first-order chi connectivity index (χ1) is 8.19. The number of hydrogen-bond acceptors (Lipinski definition) is 3. The molecule has 0 aliphatic heterocycles. The van der Waals surface area contributed by atoms with E-state index in [1.54, 1.807) is 36.4 Å². The largest absolute Gasteiger partial charge is 0.508 e. The molecular formula is C14H11NO2. The van der Waals surface area contributed by atoms with Crippen LogP contribution in [0.5, 0.6) is 17.2 Å². The number of benzene rings is 2. The molecule has 0 amide bonds. The molecule has 0 aliphatic rings. The lowest BCUT2D eigenvalue weighted by Gasteiger charge is -2.08. The Labute approximate surface area is 99.5 Å². The van der Waals surface area contributed by atoms with E-state index in [1.165, 1.54) is 6.07 Å². The van der Waals surface area contributed by atoms with Gasteiger partial charge < -0.3 is 9.84 Å². The Bertz CT molecular complexity index is 585. The van der Waals surface area contributed by atoms with Crippen LogP contribution in [0.25, 0.3) is 0 Å². The second-order valence-corrected chi connectivity index (χ2v) is 3.69. The highest BCUT2D eigenvalue weighted by molar-refractivity contribution is 5.44. The van der Waals surface area contributed by atoms with Crippen molar-refractivity contribution in [1.29, 1.82) is 5.26 Å². The molecule has 84 valence electrons. The van der Waals surface area contributed by atoms with Crippen molar-refractivity contribution < 1.29 is 9.84 Å². The fourth-order valence-corrected chi connectivity index (χ4v) is 1.51. The summed E-state index contributed by atoms with van der Waals surface area (Å²) in [6.07, 6.45) is 0. The number of rotatable bonds is 2. The highest BCUT2D eigenvalue weighted by Gasteiger charge is 2.03. The van der Waals surface area contributed by atoms with Crippen LogP contribution < -0.4 is 4.74 Å². The smallest absolute Gasteiger partial charge is 0.131 e. The van der Waals surface area contributed by atoms with Gasteiger partial charge in [0, 0.05) is 6.07 Å². The van der Waals surface area contributed by atoms with Crippen molar-refractivity contribution in [1.82, 2.24) is 0 Å². The Balaban J connectivity index is 2.28. The Morgan fingerprint density at radius 1 is 1.18 bits per heavy atom. The minimum atomic E-state index is 0.161. The summed E-state index contributed by atoms with van der Waals surface area (Å²) in [4.78, 5) is 0. The number of nitriles is 1. The molecule has 3 nitrogen and oxygen atoms in total. The lowest BCUT2D eigenvalue weighted by atomic mass is 10.1. The van der Waals surface area contributed by atoms with E-state index in [1.807, 2.05) is 6.92 Å². The average Bonchev–Trinajstić information content (AvgIpc) is 2.32. The third-order valence-electron chi connectivity index (χ3n) is 2.35. The average molecular weight is 225 g/mol. The molecule has 0 saturated carbocycles. The first-order valence-electron chi connectivity index (χ1n) is 5.16. The summed E-state index contributed by atoms with van der Waals surface area (Å²) in [7, 11) is 0.